The van der Waals surface area contributed by atoms with E-state index in [2.05, 4.69) is 17.4 Å². The lowest BCUT2D eigenvalue weighted by molar-refractivity contribution is -0.141. The molecule has 0 bridgehead atoms. The zero-order chi connectivity index (χ0) is 21.8. The van der Waals surface area contributed by atoms with Gasteiger partial charge in [-0.3, -0.25) is 14.4 Å². The number of aliphatic hydroxyl groups excluding tert-OH is 1. The molecule has 1 aromatic carbocycles. The number of benzene rings is 1. The number of carbonyl (C=O) groups is 3. The molecule has 1 saturated carbocycles. The lowest BCUT2D eigenvalue weighted by atomic mass is 9.82. The van der Waals surface area contributed by atoms with Crippen LogP contribution in [0, 0.1) is 0 Å². The maximum Gasteiger partial charge on any atom is 0.290 e. The summed E-state index contributed by atoms with van der Waals surface area (Å²) < 4.78 is 5.23. The molecule has 0 aromatic heterocycles. The molecule has 8 nitrogen and oxygen atoms in total. The predicted molar refractivity (Wildman–Crippen MR) is 113 cm³/mol. The SMILES string of the molecule is O=C(NC1CCC(c2ccccc2)CC1)C1=C(O)C(=O)N(CC(=O)N2CCOCC2)C1. The van der Waals surface area contributed by atoms with Crippen molar-refractivity contribution in [2.75, 3.05) is 39.4 Å². The first kappa shape index (κ1) is 21.4. The Kier molecular flexibility index (Phi) is 6.56. The fourth-order valence-electron chi connectivity index (χ4n) is 4.57. The third-order valence-corrected chi connectivity index (χ3v) is 6.42. The largest absolute Gasteiger partial charge is 0.503 e. The Morgan fingerprint density at radius 3 is 2.42 bits per heavy atom. The highest BCUT2D eigenvalue weighted by molar-refractivity contribution is 6.07. The molecule has 3 aliphatic rings. The first-order valence-electron chi connectivity index (χ1n) is 11.0. The highest BCUT2D eigenvalue weighted by Crippen LogP contribution is 2.33. The van der Waals surface area contributed by atoms with E-state index in [0.29, 0.717) is 32.2 Å². The van der Waals surface area contributed by atoms with Crippen LogP contribution < -0.4 is 5.32 Å². The van der Waals surface area contributed by atoms with Gasteiger partial charge in [0.05, 0.1) is 25.3 Å². The van der Waals surface area contributed by atoms with Gasteiger partial charge in [0.25, 0.3) is 11.8 Å². The number of amides is 3. The molecule has 0 atom stereocenters. The van der Waals surface area contributed by atoms with Crippen molar-refractivity contribution in [1.82, 2.24) is 15.1 Å². The molecule has 31 heavy (non-hydrogen) atoms. The Bertz CT molecular complexity index is 855. The molecular weight excluding hydrogens is 398 g/mol. The Labute approximate surface area is 181 Å². The molecule has 0 unspecified atom stereocenters. The maximum absolute atomic E-state index is 12.7. The summed E-state index contributed by atoms with van der Waals surface area (Å²) in [4.78, 5) is 40.4. The van der Waals surface area contributed by atoms with E-state index in [-0.39, 0.29) is 30.6 Å². The number of hydrogen-bond acceptors (Lipinski definition) is 5. The number of ether oxygens (including phenoxy) is 1. The number of nitrogens with one attached hydrogen (secondary N) is 1. The molecule has 2 aliphatic heterocycles. The molecule has 2 N–H and O–H groups in total. The number of hydrogen-bond donors (Lipinski definition) is 2. The summed E-state index contributed by atoms with van der Waals surface area (Å²) in [6, 6.07) is 10.4. The zero-order valence-corrected chi connectivity index (χ0v) is 17.6. The quantitative estimate of drug-likeness (QED) is 0.739. The van der Waals surface area contributed by atoms with Crippen molar-refractivity contribution < 1.29 is 24.2 Å². The molecule has 1 aliphatic carbocycles. The minimum absolute atomic E-state index is 0.0203. The monoisotopic (exact) mass is 427 g/mol. The van der Waals surface area contributed by atoms with Gasteiger partial charge in [-0.1, -0.05) is 30.3 Å². The number of nitrogens with zero attached hydrogens (tertiary/aromatic N) is 2. The van der Waals surface area contributed by atoms with Crippen molar-refractivity contribution in [3.8, 4) is 0 Å². The van der Waals surface area contributed by atoms with Crippen LogP contribution in [0.1, 0.15) is 37.2 Å². The molecule has 2 fully saturated rings. The molecule has 2 heterocycles. The van der Waals surface area contributed by atoms with Crippen LogP contribution in [0.3, 0.4) is 0 Å². The lowest BCUT2D eigenvalue weighted by Gasteiger charge is -2.29. The number of aliphatic hydroxyl groups is 1. The van der Waals surface area contributed by atoms with Gasteiger partial charge < -0.3 is 25.0 Å². The topological polar surface area (TPSA) is 99.2 Å². The Morgan fingerprint density at radius 2 is 1.74 bits per heavy atom. The van der Waals surface area contributed by atoms with Crippen molar-refractivity contribution in [1.29, 1.82) is 0 Å². The van der Waals surface area contributed by atoms with Gasteiger partial charge in [0, 0.05) is 19.1 Å². The van der Waals surface area contributed by atoms with Crippen molar-refractivity contribution in [3.05, 3.63) is 47.2 Å². The minimum Gasteiger partial charge on any atom is -0.503 e. The molecule has 8 heteroatoms. The first-order chi connectivity index (χ1) is 15.0. The summed E-state index contributed by atoms with van der Waals surface area (Å²) in [5.74, 6) is -1.35. The van der Waals surface area contributed by atoms with Gasteiger partial charge in [-0.05, 0) is 37.2 Å². The van der Waals surface area contributed by atoms with Gasteiger partial charge in [0.2, 0.25) is 5.91 Å². The molecule has 1 aromatic rings. The molecule has 166 valence electrons. The predicted octanol–water partition coefficient (Wildman–Crippen LogP) is 1.34. The van der Waals surface area contributed by atoms with E-state index in [1.807, 2.05) is 18.2 Å². The fourth-order valence-corrected chi connectivity index (χ4v) is 4.57. The second-order valence-electron chi connectivity index (χ2n) is 8.41. The van der Waals surface area contributed by atoms with E-state index < -0.39 is 17.6 Å². The average molecular weight is 428 g/mol. The normalized spacial score (nSPS) is 24.5. The maximum atomic E-state index is 12.7. The van der Waals surface area contributed by atoms with Crippen LogP contribution in [0.15, 0.2) is 41.7 Å². The number of rotatable bonds is 5. The van der Waals surface area contributed by atoms with Crippen LogP contribution in [-0.4, -0.2) is 78.1 Å². The van der Waals surface area contributed by atoms with E-state index in [1.54, 1.807) is 4.90 Å². The van der Waals surface area contributed by atoms with Gasteiger partial charge >= 0.3 is 0 Å². The van der Waals surface area contributed by atoms with E-state index >= 15 is 0 Å². The second kappa shape index (κ2) is 9.51. The summed E-state index contributed by atoms with van der Waals surface area (Å²) >= 11 is 0. The summed E-state index contributed by atoms with van der Waals surface area (Å²) in [7, 11) is 0. The third-order valence-electron chi connectivity index (χ3n) is 6.42. The third kappa shape index (κ3) is 4.90. The van der Waals surface area contributed by atoms with Crippen LogP contribution in [0.25, 0.3) is 0 Å². The van der Waals surface area contributed by atoms with Crippen molar-refractivity contribution in [2.45, 2.75) is 37.6 Å². The van der Waals surface area contributed by atoms with Gasteiger partial charge in [0.15, 0.2) is 5.76 Å². The summed E-state index contributed by atoms with van der Waals surface area (Å²) in [6.07, 6.45) is 3.68. The summed E-state index contributed by atoms with van der Waals surface area (Å²) in [6.45, 7) is 1.72. The molecular formula is C23H29N3O5. The van der Waals surface area contributed by atoms with E-state index in [1.165, 1.54) is 10.5 Å². The molecule has 1 saturated heterocycles. The van der Waals surface area contributed by atoms with Crippen LogP contribution in [0.4, 0.5) is 0 Å². The average Bonchev–Trinajstić information content (AvgIpc) is 3.09. The molecule has 0 spiro atoms. The summed E-state index contributed by atoms with van der Waals surface area (Å²) in [5.41, 5.74) is 1.37. The van der Waals surface area contributed by atoms with Crippen LogP contribution in [0.2, 0.25) is 0 Å². The van der Waals surface area contributed by atoms with Crippen LogP contribution >= 0.6 is 0 Å². The number of morpholine rings is 1. The standard InChI is InChI=1S/C23H29N3O5/c27-20(25-10-12-31-13-11-25)15-26-14-19(21(28)23(26)30)22(29)24-18-8-6-17(7-9-18)16-4-2-1-3-5-16/h1-5,17-18,28H,6-15H2,(H,24,29). The van der Waals surface area contributed by atoms with E-state index in [4.69, 9.17) is 4.74 Å². The van der Waals surface area contributed by atoms with E-state index in [9.17, 15) is 19.5 Å². The minimum atomic E-state index is -0.667. The van der Waals surface area contributed by atoms with Crippen molar-refractivity contribution in [2.24, 2.45) is 0 Å². The van der Waals surface area contributed by atoms with Crippen molar-refractivity contribution >= 4 is 17.7 Å². The summed E-state index contributed by atoms with van der Waals surface area (Å²) in [5, 5.41) is 13.2. The Morgan fingerprint density at radius 1 is 1.06 bits per heavy atom. The van der Waals surface area contributed by atoms with Crippen molar-refractivity contribution in [3.63, 3.8) is 0 Å². The highest BCUT2D eigenvalue weighted by atomic mass is 16.5. The van der Waals surface area contributed by atoms with Gasteiger partial charge in [-0.15, -0.1) is 0 Å². The van der Waals surface area contributed by atoms with Crippen LogP contribution in [-0.2, 0) is 19.1 Å². The van der Waals surface area contributed by atoms with Gasteiger partial charge in [0.1, 0.15) is 6.54 Å². The molecule has 3 amide bonds. The zero-order valence-electron chi connectivity index (χ0n) is 17.6. The van der Waals surface area contributed by atoms with E-state index in [0.717, 1.165) is 25.7 Å². The van der Waals surface area contributed by atoms with Gasteiger partial charge in [-0.2, -0.15) is 0 Å². The van der Waals surface area contributed by atoms with Gasteiger partial charge in [-0.25, -0.2) is 0 Å². The molecule has 4 rings (SSSR count). The number of carbonyl (C=O) groups excluding carboxylic acids is 3. The molecule has 0 radical (unpaired) electrons. The van der Waals surface area contributed by atoms with Crippen LogP contribution in [0.5, 0.6) is 0 Å². The fraction of sp³-hybridized carbons (Fsp3) is 0.522. The first-order valence-corrected chi connectivity index (χ1v) is 11.0. The Balaban J connectivity index is 1.28. The second-order valence-corrected chi connectivity index (χ2v) is 8.41. The Hall–Kier alpha value is -2.87. The lowest BCUT2D eigenvalue weighted by Crippen LogP contribution is -2.46. The smallest absolute Gasteiger partial charge is 0.290 e. The highest BCUT2D eigenvalue weighted by Gasteiger charge is 2.36.